The molecule has 0 radical (unpaired) electrons. The fourth-order valence-corrected chi connectivity index (χ4v) is 4.63. The van der Waals surface area contributed by atoms with Crippen molar-refractivity contribution in [2.24, 2.45) is 5.41 Å². The molecule has 1 unspecified atom stereocenters. The number of sulfonamides is 1. The number of alkyl halides is 3. The lowest BCUT2D eigenvalue weighted by atomic mass is 9.77. The summed E-state index contributed by atoms with van der Waals surface area (Å²) in [7, 11) is -4.45. The van der Waals surface area contributed by atoms with Crippen molar-refractivity contribution in [1.82, 2.24) is 14.9 Å². The Labute approximate surface area is 173 Å². The third-order valence-corrected chi connectivity index (χ3v) is 6.24. The van der Waals surface area contributed by atoms with Crippen LogP contribution in [0.1, 0.15) is 37.3 Å². The number of aromatic nitrogens is 2. The second-order valence-corrected chi connectivity index (χ2v) is 10.1. The molecule has 1 aromatic heterocycles. The number of rotatable bonds is 8. The summed E-state index contributed by atoms with van der Waals surface area (Å²) < 4.78 is 63.2. The molecule has 9 heteroatoms. The lowest BCUT2D eigenvalue weighted by molar-refractivity contribution is -0.106. The average molecular weight is 440 g/mol. The van der Waals surface area contributed by atoms with Crippen LogP contribution < -0.4 is 4.72 Å². The summed E-state index contributed by atoms with van der Waals surface area (Å²) in [5.74, 6) is -1.94. The van der Waals surface area contributed by atoms with Crippen molar-refractivity contribution in [3.63, 3.8) is 0 Å². The highest BCUT2D eigenvalue weighted by Crippen LogP contribution is 2.37. The second-order valence-electron chi connectivity index (χ2n) is 8.24. The van der Waals surface area contributed by atoms with E-state index in [-0.39, 0.29) is 12.5 Å². The zero-order valence-corrected chi connectivity index (χ0v) is 17.5. The van der Waals surface area contributed by atoms with Gasteiger partial charge in [-0.15, -0.1) is 0 Å². The van der Waals surface area contributed by atoms with Crippen LogP contribution in [0.5, 0.6) is 0 Å². The molecular formula is C21H24F3N3O2S. The monoisotopic (exact) mass is 439 g/mol. The van der Waals surface area contributed by atoms with Gasteiger partial charge in [-0.2, -0.15) is 18.3 Å². The average Bonchev–Trinajstić information content (AvgIpc) is 3.11. The number of nitrogens with one attached hydrogen (secondary N) is 2. The molecule has 162 valence electrons. The van der Waals surface area contributed by atoms with Gasteiger partial charge < -0.3 is 0 Å². The topological polar surface area (TPSA) is 74.8 Å². The van der Waals surface area contributed by atoms with Gasteiger partial charge in [-0.05, 0) is 35.1 Å². The summed E-state index contributed by atoms with van der Waals surface area (Å²) >= 11 is 0. The maximum absolute atomic E-state index is 12.5. The van der Waals surface area contributed by atoms with Crippen LogP contribution in [0.4, 0.5) is 13.2 Å². The summed E-state index contributed by atoms with van der Waals surface area (Å²) in [6.07, 6.45) is -2.51. The molecule has 0 saturated heterocycles. The summed E-state index contributed by atoms with van der Waals surface area (Å²) in [5.41, 5.74) is 2.39. The third kappa shape index (κ3) is 6.06. The van der Waals surface area contributed by atoms with E-state index in [0.29, 0.717) is 6.42 Å². The highest BCUT2D eigenvalue weighted by molar-refractivity contribution is 7.89. The minimum absolute atomic E-state index is 0.0624. The molecule has 3 rings (SSSR count). The Morgan fingerprint density at radius 3 is 2.43 bits per heavy atom. The van der Waals surface area contributed by atoms with Gasteiger partial charge in [0.1, 0.15) is 0 Å². The van der Waals surface area contributed by atoms with E-state index in [9.17, 15) is 21.6 Å². The van der Waals surface area contributed by atoms with Gasteiger partial charge in [-0.25, -0.2) is 13.1 Å². The first-order valence-corrected chi connectivity index (χ1v) is 11.1. The molecular weight excluding hydrogens is 415 g/mol. The van der Waals surface area contributed by atoms with Crippen molar-refractivity contribution < 1.29 is 21.6 Å². The number of halogens is 3. The van der Waals surface area contributed by atoms with Crippen molar-refractivity contribution in [1.29, 1.82) is 0 Å². The van der Waals surface area contributed by atoms with Crippen molar-refractivity contribution in [3.05, 3.63) is 65.9 Å². The van der Waals surface area contributed by atoms with Gasteiger partial charge in [-0.1, -0.05) is 50.2 Å². The molecule has 0 spiro atoms. The summed E-state index contributed by atoms with van der Waals surface area (Å²) in [4.78, 5) is 0. The third-order valence-electron chi connectivity index (χ3n) is 4.95. The van der Waals surface area contributed by atoms with E-state index in [0.717, 1.165) is 22.0 Å². The molecule has 30 heavy (non-hydrogen) atoms. The Balaban J connectivity index is 1.83. The van der Waals surface area contributed by atoms with Gasteiger partial charge in [0.2, 0.25) is 10.0 Å². The zero-order valence-electron chi connectivity index (χ0n) is 16.7. The summed E-state index contributed by atoms with van der Waals surface area (Å²) in [5, 5.41) is 7.91. The molecule has 0 aliphatic heterocycles. The van der Waals surface area contributed by atoms with Gasteiger partial charge in [0, 0.05) is 17.8 Å². The first kappa shape index (κ1) is 22.3. The quantitative estimate of drug-likeness (QED) is 0.539. The van der Waals surface area contributed by atoms with Crippen molar-refractivity contribution in [3.8, 4) is 0 Å². The predicted octanol–water partition coefficient (Wildman–Crippen LogP) is 4.59. The molecule has 0 fully saturated rings. The van der Waals surface area contributed by atoms with Crippen LogP contribution in [-0.4, -0.2) is 37.1 Å². The first-order valence-electron chi connectivity index (χ1n) is 9.46. The van der Waals surface area contributed by atoms with Crippen molar-refractivity contribution in [2.75, 3.05) is 12.3 Å². The van der Waals surface area contributed by atoms with Crippen LogP contribution in [0.2, 0.25) is 0 Å². The second kappa shape index (κ2) is 8.39. The standard InChI is InChI=1S/C21H24F3N3O2S/c1-20(2,13-26-30(28,29)14-21(22,23)24)11-18(15-6-4-3-5-7-15)16-8-9-19-17(10-16)12-25-27-19/h3-10,12,18,26H,11,13-14H2,1-2H3,(H,25,27). The lowest BCUT2D eigenvalue weighted by Crippen LogP contribution is -2.39. The number of fused-ring (bicyclic) bond motifs is 1. The van der Waals surface area contributed by atoms with Crippen molar-refractivity contribution >= 4 is 20.9 Å². The molecule has 5 nitrogen and oxygen atoms in total. The van der Waals surface area contributed by atoms with E-state index in [1.165, 1.54) is 0 Å². The minimum Gasteiger partial charge on any atom is -0.278 e. The highest BCUT2D eigenvalue weighted by Gasteiger charge is 2.36. The van der Waals surface area contributed by atoms with Gasteiger partial charge in [-0.3, -0.25) is 5.10 Å². The Kier molecular flexibility index (Phi) is 6.24. The first-order chi connectivity index (χ1) is 13.9. The number of hydrogen-bond acceptors (Lipinski definition) is 3. The van der Waals surface area contributed by atoms with Gasteiger partial charge in [0.15, 0.2) is 5.75 Å². The van der Waals surface area contributed by atoms with E-state index in [4.69, 9.17) is 0 Å². The van der Waals surface area contributed by atoms with Gasteiger partial charge in [0.05, 0.1) is 11.7 Å². The molecule has 1 heterocycles. The molecule has 0 bridgehead atoms. The van der Waals surface area contributed by atoms with E-state index in [1.807, 2.05) is 62.4 Å². The molecule has 0 amide bonds. The Morgan fingerprint density at radius 2 is 1.77 bits per heavy atom. The molecule has 2 aromatic carbocycles. The number of hydrogen-bond donors (Lipinski definition) is 2. The SMILES string of the molecule is CC(C)(CNS(=O)(=O)CC(F)(F)F)CC(c1ccccc1)c1ccc2[nH]ncc2c1. The van der Waals surface area contributed by atoms with E-state index in [1.54, 1.807) is 6.20 Å². The van der Waals surface area contributed by atoms with Crippen LogP contribution in [-0.2, 0) is 10.0 Å². The highest BCUT2D eigenvalue weighted by atomic mass is 32.2. The Hall–Kier alpha value is -2.39. The molecule has 0 aliphatic carbocycles. The molecule has 0 aliphatic rings. The van der Waals surface area contributed by atoms with Crippen molar-refractivity contribution in [2.45, 2.75) is 32.4 Å². The van der Waals surface area contributed by atoms with Gasteiger partial charge in [0.25, 0.3) is 0 Å². The van der Waals surface area contributed by atoms with E-state index >= 15 is 0 Å². The molecule has 3 aromatic rings. The Bertz CT molecular complexity index is 1090. The lowest BCUT2D eigenvalue weighted by Gasteiger charge is -2.31. The fraction of sp³-hybridized carbons (Fsp3) is 0.381. The number of benzene rings is 2. The number of H-pyrrole nitrogens is 1. The zero-order chi connectivity index (χ0) is 22.0. The van der Waals surface area contributed by atoms with E-state index < -0.39 is 27.4 Å². The Morgan fingerprint density at radius 1 is 1.07 bits per heavy atom. The minimum atomic E-state index is -4.78. The summed E-state index contributed by atoms with van der Waals surface area (Å²) in [6, 6.07) is 15.7. The van der Waals surface area contributed by atoms with Crippen LogP contribution in [0.15, 0.2) is 54.7 Å². The van der Waals surface area contributed by atoms with Crippen LogP contribution in [0.3, 0.4) is 0 Å². The van der Waals surface area contributed by atoms with Crippen LogP contribution in [0, 0.1) is 5.41 Å². The normalized spacial score (nSPS) is 14.2. The van der Waals surface area contributed by atoms with Crippen LogP contribution >= 0.6 is 0 Å². The van der Waals surface area contributed by atoms with Crippen LogP contribution in [0.25, 0.3) is 10.9 Å². The largest absolute Gasteiger partial charge is 0.404 e. The number of nitrogens with zero attached hydrogens (tertiary/aromatic N) is 1. The fourth-order valence-electron chi connectivity index (χ4n) is 3.49. The van der Waals surface area contributed by atoms with E-state index in [2.05, 4.69) is 14.9 Å². The molecule has 2 N–H and O–H groups in total. The van der Waals surface area contributed by atoms with Gasteiger partial charge >= 0.3 is 6.18 Å². The molecule has 1 atom stereocenters. The summed E-state index contributed by atoms with van der Waals surface area (Å²) in [6.45, 7) is 3.59. The predicted molar refractivity (Wildman–Crippen MR) is 111 cm³/mol. The smallest absolute Gasteiger partial charge is 0.278 e. The number of aromatic amines is 1. The maximum atomic E-state index is 12.5. The molecule has 0 saturated carbocycles. The maximum Gasteiger partial charge on any atom is 0.404 e.